The van der Waals surface area contributed by atoms with Crippen LogP contribution in [0.4, 0.5) is 8.78 Å². The molecule has 2 heterocycles. The zero-order chi connectivity index (χ0) is 20.6. The van der Waals surface area contributed by atoms with E-state index in [4.69, 9.17) is 4.74 Å². The monoisotopic (exact) mass is 537 g/mol. The first kappa shape index (κ1) is 24.7. The molecule has 1 amide bonds. The van der Waals surface area contributed by atoms with Gasteiger partial charge >= 0.3 is 0 Å². The lowest BCUT2D eigenvalue weighted by atomic mass is 10.1. The molecule has 0 saturated carbocycles. The molecule has 1 aromatic carbocycles. The first-order chi connectivity index (χ1) is 14.1. The fourth-order valence-electron chi connectivity index (χ4n) is 3.59. The van der Waals surface area contributed by atoms with Crippen molar-refractivity contribution in [1.82, 2.24) is 20.0 Å². The normalized spacial score (nSPS) is 18.2. The number of benzene rings is 1. The molecule has 10 heteroatoms. The molecule has 7 nitrogen and oxygen atoms in total. The number of guanidine groups is 1. The van der Waals surface area contributed by atoms with E-state index in [1.807, 2.05) is 4.90 Å². The number of aliphatic imine (C=N–C) groups is 1. The minimum absolute atomic E-state index is 0. The van der Waals surface area contributed by atoms with Crippen LogP contribution in [0.2, 0.25) is 0 Å². The van der Waals surface area contributed by atoms with E-state index in [9.17, 15) is 13.6 Å². The van der Waals surface area contributed by atoms with Gasteiger partial charge in [-0.25, -0.2) is 8.78 Å². The Bertz CT molecular complexity index is 723. The van der Waals surface area contributed by atoms with Gasteiger partial charge in [-0.3, -0.25) is 14.7 Å². The molecule has 0 aliphatic carbocycles. The van der Waals surface area contributed by atoms with Crippen molar-refractivity contribution in [1.29, 1.82) is 0 Å². The van der Waals surface area contributed by atoms with Crippen LogP contribution >= 0.6 is 24.0 Å². The Hall–Kier alpha value is -1.53. The largest absolute Gasteiger partial charge is 0.378 e. The highest BCUT2D eigenvalue weighted by Crippen LogP contribution is 2.10. The number of hydrogen-bond donors (Lipinski definition) is 1. The molecule has 1 N–H and O–H groups in total. The number of piperazine rings is 1. The van der Waals surface area contributed by atoms with Gasteiger partial charge in [0, 0.05) is 58.9 Å². The minimum Gasteiger partial charge on any atom is -0.378 e. The number of ether oxygens (including phenoxy) is 1. The summed E-state index contributed by atoms with van der Waals surface area (Å²) in [6, 6.07) is 3.64. The molecule has 0 spiro atoms. The van der Waals surface area contributed by atoms with Crippen LogP contribution in [0.3, 0.4) is 0 Å². The van der Waals surface area contributed by atoms with Crippen LogP contribution in [0.5, 0.6) is 0 Å². The quantitative estimate of drug-likeness (QED) is 0.348. The van der Waals surface area contributed by atoms with Crippen LogP contribution in [0.25, 0.3) is 0 Å². The van der Waals surface area contributed by atoms with Crippen molar-refractivity contribution in [3.63, 3.8) is 0 Å². The second kappa shape index (κ2) is 12.4. The standard InChI is InChI=1S/C20H29F2N5O2.HI/c1-23-20(24-5-4-16-2-3-17(21)14-18(16)22)27-8-6-25(7-9-27)15-19(28)26-10-12-29-13-11-26;/h2-3,14H,4-13,15H2,1H3,(H,23,24);1H. The van der Waals surface area contributed by atoms with Crippen LogP contribution in [0.15, 0.2) is 23.2 Å². The van der Waals surface area contributed by atoms with E-state index in [1.165, 1.54) is 12.1 Å². The van der Waals surface area contributed by atoms with E-state index in [1.54, 1.807) is 7.05 Å². The summed E-state index contributed by atoms with van der Waals surface area (Å²) < 4.78 is 32.0. The molecule has 2 fully saturated rings. The summed E-state index contributed by atoms with van der Waals surface area (Å²) in [7, 11) is 1.72. The number of halogens is 3. The third-order valence-corrected chi connectivity index (χ3v) is 5.30. The first-order valence-corrected chi connectivity index (χ1v) is 10.0. The van der Waals surface area contributed by atoms with Gasteiger partial charge in [0.25, 0.3) is 0 Å². The fraction of sp³-hybridized carbons (Fsp3) is 0.600. The maximum absolute atomic E-state index is 13.7. The minimum atomic E-state index is -0.569. The number of nitrogens with one attached hydrogen (secondary N) is 1. The number of amides is 1. The molecule has 0 aromatic heterocycles. The lowest BCUT2D eigenvalue weighted by molar-refractivity contribution is -0.136. The maximum atomic E-state index is 13.7. The highest BCUT2D eigenvalue weighted by atomic mass is 127. The molecule has 2 aliphatic rings. The highest BCUT2D eigenvalue weighted by Gasteiger charge is 2.24. The van der Waals surface area contributed by atoms with Gasteiger partial charge in [0.1, 0.15) is 11.6 Å². The molecule has 0 unspecified atom stereocenters. The van der Waals surface area contributed by atoms with E-state index in [-0.39, 0.29) is 29.9 Å². The van der Waals surface area contributed by atoms with Crippen molar-refractivity contribution in [2.24, 2.45) is 4.99 Å². The van der Waals surface area contributed by atoms with Crippen molar-refractivity contribution in [2.75, 3.05) is 72.6 Å². The number of nitrogens with zero attached hydrogens (tertiary/aromatic N) is 4. The third-order valence-electron chi connectivity index (χ3n) is 5.30. The summed E-state index contributed by atoms with van der Waals surface area (Å²) in [6.45, 7) is 6.60. The third kappa shape index (κ3) is 7.02. The van der Waals surface area contributed by atoms with Crippen molar-refractivity contribution in [2.45, 2.75) is 6.42 Å². The SMILES string of the molecule is CN=C(NCCc1ccc(F)cc1F)N1CCN(CC(=O)N2CCOCC2)CC1.I. The average molecular weight is 537 g/mol. The van der Waals surface area contributed by atoms with Gasteiger partial charge in [-0.15, -0.1) is 24.0 Å². The van der Waals surface area contributed by atoms with Crippen LogP contribution in [0, 0.1) is 11.6 Å². The van der Waals surface area contributed by atoms with E-state index >= 15 is 0 Å². The molecule has 2 aliphatic heterocycles. The summed E-state index contributed by atoms with van der Waals surface area (Å²) in [6.07, 6.45) is 0.444. The van der Waals surface area contributed by atoms with E-state index in [0.717, 1.165) is 38.2 Å². The van der Waals surface area contributed by atoms with E-state index in [2.05, 4.69) is 20.1 Å². The maximum Gasteiger partial charge on any atom is 0.236 e. The van der Waals surface area contributed by atoms with Crippen LogP contribution in [-0.4, -0.2) is 99.2 Å². The molecular weight excluding hydrogens is 507 g/mol. The summed E-state index contributed by atoms with van der Waals surface area (Å²) in [4.78, 5) is 22.9. The number of morpholine rings is 1. The second-order valence-electron chi connectivity index (χ2n) is 7.22. The van der Waals surface area contributed by atoms with Crippen molar-refractivity contribution < 1.29 is 18.3 Å². The van der Waals surface area contributed by atoms with E-state index < -0.39 is 11.6 Å². The zero-order valence-corrected chi connectivity index (χ0v) is 19.6. The smallest absolute Gasteiger partial charge is 0.236 e. The summed E-state index contributed by atoms with van der Waals surface area (Å²) in [5, 5.41) is 3.24. The Labute approximate surface area is 193 Å². The molecule has 168 valence electrons. The molecule has 2 saturated heterocycles. The summed E-state index contributed by atoms with van der Waals surface area (Å²) in [5.41, 5.74) is 0.473. The van der Waals surface area contributed by atoms with Gasteiger partial charge in [0.05, 0.1) is 19.8 Å². The van der Waals surface area contributed by atoms with Gasteiger partial charge in [-0.05, 0) is 18.1 Å². The molecule has 3 rings (SSSR count). The fourth-order valence-corrected chi connectivity index (χ4v) is 3.59. The number of hydrogen-bond acceptors (Lipinski definition) is 4. The predicted octanol–water partition coefficient (Wildman–Crippen LogP) is 1.18. The molecule has 1 aromatic rings. The number of rotatable bonds is 5. The first-order valence-electron chi connectivity index (χ1n) is 10.0. The molecule has 0 radical (unpaired) electrons. The summed E-state index contributed by atoms with van der Waals surface area (Å²) in [5.74, 6) is -0.183. The van der Waals surface area contributed by atoms with Gasteiger partial charge in [-0.2, -0.15) is 0 Å². The molecular formula is C20H30F2IN5O2. The van der Waals surface area contributed by atoms with Crippen LogP contribution in [0.1, 0.15) is 5.56 Å². The number of carbonyl (C=O) groups excluding carboxylic acids is 1. The average Bonchev–Trinajstić information content (AvgIpc) is 2.74. The van der Waals surface area contributed by atoms with Crippen molar-refractivity contribution >= 4 is 35.8 Å². The van der Waals surface area contributed by atoms with Crippen molar-refractivity contribution in [3.05, 3.63) is 35.4 Å². The molecule has 30 heavy (non-hydrogen) atoms. The zero-order valence-electron chi connectivity index (χ0n) is 17.3. The van der Waals surface area contributed by atoms with Gasteiger partial charge < -0.3 is 19.9 Å². The highest BCUT2D eigenvalue weighted by molar-refractivity contribution is 14.0. The Morgan fingerprint density at radius 2 is 1.80 bits per heavy atom. The topological polar surface area (TPSA) is 60.4 Å². The molecule has 0 atom stereocenters. The summed E-state index contributed by atoms with van der Waals surface area (Å²) >= 11 is 0. The van der Waals surface area contributed by atoms with Crippen LogP contribution in [-0.2, 0) is 16.0 Å². The Morgan fingerprint density at radius 3 is 2.43 bits per heavy atom. The lowest BCUT2D eigenvalue weighted by Gasteiger charge is -2.37. The van der Waals surface area contributed by atoms with Gasteiger partial charge in [-0.1, -0.05) is 6.07 Å². The Kier molecular flexibility index (Phi) is 10.2. The number of carbonyl (C=O) groups is 1. The van der Waals surface area contributed by atoms with E-state index in [0.29, 0.717) is 51.4 Å². The second-order valence-corrected chi connectivity index (χ2v) is 7.22. The van der Waals surface area contributed by atoms with Gasteiger partial charge in [0.2, 0.25) is 5.91 Å². The van der Waals surface area contributed by atoms with Crippen LogP contribution < -0.4 is 5.32 Å². The Balaban J connectivity index is 0.00000320. The van der Waals surface area contributed by atoms with Gasteiger partial charge in [0.15, 0.2) is 5.96 Å². The lowest BCUT2D eigenvalue weighted by Crippen LogP contribution is -2.55. The van der Waals surface area contributed by atoms with Crippen molar-refractivity contribution in [3.8, 4) is 0 Å². The Morgan fingerprint density at radius 1 is 1.10 bits per heavy atom. The molecule has 0 bridgehead atoms. The predicted molar refractivity (Wildman–Crippen MR) is 122 cm³/mol.